The number of nitrogens with zero attached hydrogens (tertiary/aromatic N) is 1. The van der Waals surface area contributed by atoms with Crippen molar-refractivity contribution in [1.29, 1.82) is 0 Å². The van der Waals surface area contributed by atoms with Crippen LogP contribution in [-0.2, 0) is 10.2 Å². The maximum absolute atomic E-state index is 11.9. The first-order chi connectivity index (χ1) is 8.43. The second-order valence-electron chi connectivity index (χ2n) is 5.65. The van der Waals surface area contributed by atoms with Gasteiger partial charge < -0.3 is 5.32 Å². The molecule has 18 heavy (non-hydrogen) atoms. The van der Waals surface area contributed by atoms with E-state index in [2.05, 4.69) is 36.3 Å². The van der Waals surface area contributed by atoms with Crippen LogP contribution in [0.25, 0.3) is 0 Å². The molecule has 0 spiro atoms. The van der Waals surface area contributed by atoms with Gasteiger partial charge in [-0.3, -0.25) is 9.79 Å². The molecule has 1 heterocycles. The third-order valence-corrected chi connectivity index (χ3v) is 3.50. The Hall–Kier alpha value is -1.64. The first kappa shape index (κ1) is 12.8. The van der Waals surface area contributed by atoms with Gasteiger partial charge in [-0.1, -0.05) is 44.2 Å². The summed E-state index contributed by atoms with van der Waals surface area (Å²) in [5, 5.41) is 2.94. The summed E-state index contributed by atoms with van der Waals surface area (Å²) in [7, 11) is 0. The molecule has 0 saturated carbocycles. The largest absolute Gasteiger partial charge is 0.312 e. The third kappa shape index (κ3) is 2.17. The zero-order chi connectivity index (χ0) is 13.3. The highest BCUT2D eigenvalue weighted by Gasteiger charge is 2.37. The van der Waals surface area contributed by atoms with E-state index in [9.17, 15) is 4.79 Å². The number of benzene rings is 1. The molecule has 0 fully saturated rings. The van der Waals surface area contributed by atoms with Gasteiger partial charge in [0.25, 0.3) is 0 Å². The fraction of sp³-hybridized carbons (Fsp3) is 0.467. The van der Waals surface area contributed by atoms with Crippen molar-refractivity contribution in [2.75, 3.05) is 0 Å². The van der Waals surface area contributed by atoms with Gasteiger partial charge in [0.15, 0.2) is 0 Å². The number of carbonyl (C=O) groups is 1. The average molecular weight is 244 g/mol. The molecule has 1 amide bonds. The lowest BCUT2D eigenvalue weighted by Gasteiger charge is -2.25. The van der Waals surface area contributed by atoms with Crippen LogP contribution in [0.3, 0.4) is 0 Å². The van der Waals surface area contributed by atoms with Crippen molar-refractivity contribution >= 4 is 11.7 Å². The molecule has 0 saturated heterocycles. The molecule has 0 radical (unpaired) electrons. The van der Waals surface area contributed by atoms with Gasteiger partial charge in [-0.25, -0.2) is 0 Å². The predicted molar refractivity (Wildman–Crippen MR) is 73.7 cm³/mol. The van der Waals surface area contributed by atoms with E-state index in [-0.39, 0.29) is 23.3 Å². The summed E-state index contributed by atoms with van der Waals surface area (Å²) in [6.07, 6.45) is 0. The molecule has 1 aliphatic heterocycles. The number of amidine groups is 1. The maximum atomic E-state index is 11.9. The molecule has 1 aromatic carbocycles. The summed E-state index contributed by atoms with van der Waals surface area (Å²) in [4.78, 5) is 16.5. The number of carbonyl (C=O) groups excluding carboxylic acids is 1. The van der Waals surface area contributed by atoms with Crippen molar-refractivity contribution in [1.82, 2.24) is 5.32 Å². The highest BCUT2D eigenvalue weighted by molar-refractivity contribution is 6.10. The van der Waals surface area contributed by atoms with Crippen LogP contribution in [0.2, 0.25) is 0 Å². The van der Waals surface area contributed by atoms with Gasteiger partial charge in [0, 0.05) is 5.41 Å². The van der Waals surface area contributed by atoms with Crippen molar-refractivity contribution in [3.8, 4) is 0 Å². The lowest BCUT2D eigenvalue weighted by atomic mass is 9.83. The highest BCUT2D eigenvalue weighted by atomic mass is 16.2. The first-order valence-electron chi connectivity index (χ1n) is 6.37. The van der Waals surface area contributed by atoms with Gasteiger partial charge in [-0.2, -0.15) is 0 Å². The molecule has 0 aliphatic carbocycles. The van der Waals surface area contributed by atoms with Crippen LogP contribution in [0.1, 0.15) is 33.3 Å². The van der Waals surface area contributed by atoms with Crippen LogP contribution in [0.4, 0.5) is 0 Å². The Kier molecular flexibility index (Phi) is 3.24. The average Bonchev–Trinajstić information content (AvgIpc) is 2.73. The number of hydrogen-bond acceptors (Lipinski definition) is 2. The number of aliphatic imine (C=N–C) groups is 1. The number of nitrogens with one attached hydrogen (secondary N) is 1. The SMILES string of the molecule is CC(C)C1N=C(C(C)(C)c2ccccc2)NC1=O. The second kappa shape index (κ2) is 4.56. The molecule has 1 aromatic rings. The van der Waals surface area contributed by atoms with Gasteiger partial charge in [0.05, 0.1) is 0 Å². The van der Waals surface area contributed by atoms with Crippen LogP contribution in [0.15, 0.2) is 35.3 Å². The van der Waals surface area contributed by atoms with Crippen LogP contribution < -0.4 is 5.32 Å². The summed E-state index contributed by atoms with van der Waals surface area (Å²) in [5.74, 6) is 1.02. The van der Waals surface area contributed by atoms with E-state index in [0.29, 0.717) is 0 Å². The Morgan fingerprint density at radius 2 is 1.83 bits per heavy atom. The molecule has 1 unspecified atom stereocenters. The number of rotatable bonds is 3. The Morgan fingerprint density at radius 1 is 1.22 bits per heavy atom. The predicted octanol–water partition coefficient (Wildman–Crippen LogP) is 2.52. The van der Waals surface area contributed by atoms with Crippen LogP contribution in [0, 0.1) is 5.92 Å². The zero-order valence-corrected chi connectivity index (χ0v) is 11.4. The van der Waals surface area contributed by atoms with Crippen LogP contribution in [-0.4, -0.2) is 17.8 Å². The molecule has 3 heteroatoms. The normalized spacial score (nSPS) is 19.9. The summed E-state index contributed by atoms with van der Waals surface area (Å²) in [6.45, 7) is 8.21. The molecule has 0 aromatic heterocycles. The smallest absolute Gasteiger partial charge is 0.250 e. The fourth-order valence-electron chi connectivity index (χ4n) is 2.18. The van der Waals surface area contributed by atoms with E-state index in [1.165, 1.54) is 0 Å². The molecule has 2 rings (SSSR count). The summed E-state index contributed by atoms with van der Waals surface area (Å²) >= 11 is 0. The minimum absolute atomic E-state index is 0.0176. The molecule has 96 valence electrons. The van der Waals surface area contributed by atoms with Crippen molar-refractivity contribution in [3.05, 3.63) is 35.9 Å². The van der Waals surface area contributed by atoms with Gasteiger partial charge in [0.2, 0.25) is 5.91 Å². The Bertz CT molecular complexity index is 475. The lowest BCUT2D eigenvalue weighted by molar-refractivity contribution is -0.120. The van der Waals surface area contributed by atoms with Crippen molar-refractivity contribution in [3.63, 3.8) is 0 Å². The quantitative estimate of drug-likeness (QED) is 0.872. The first-order valence-corrected chi connectivity index (χ1v) is 6.37. The standard InChI is InChI=1S/C15H20N2O/c1-10(2)12-13(18)17-14(16-12)15(3,4)11-8-6-5-7-9-11/h5-10,12H,1-4H3,(H,16,17,18). The van der Waals surface area contributed by atoms with E-state index in [4.69, 9.17) is 0 Å². The van der Waals surface area contributed by atoms with Crippen molar-refractivity contribution in [2.45, 2.75) is 39.2 Å². The maximum Gasteiger partial charge on any atom is 0.250 e. The summed E-state index contributed by atoms with van der Waals surface area (Å²) in [5.41, 5.74) is 0.897. The van der Waals surface area contributed by atoms with E-state index < -0.39 is 0 Å². The lowest BCUT2D eigenvalue weighted by Crippen LogP contribution is -2.40. The van der Waals surface area contributed by atoms with E-state index >= 15 is 0 Å². The Labute approximate surface area is 108 Å². The fourth-order valence-corrected chi connectivity index (χ4v) is 2.18. The van der Waals surface area contributed by atoms with Crippen molar-refractivity contribution < 1.29 is 4.79 Å². The van der Waals surface area contributed by atoms with E-state index in [1.807, 2.05) is 32.0 Å². The highest BCUT2D eigenvalue weighted by Crippen LogP contribution is 2.27. The molecule has 0 bridgehead atoms. The molecule has 1 aliphatic rings. The van der Waals surface area contributed by atoms with Gasteiger partial charge in [-0.15, -0.1) is 0 Å². The van der Waals surface area contributed by atoms with E-state index in [0.717, 1.165) is 11.4 Å². The van der Waals surface area contributed by atoms with E-state index in [1.54, 1.807) is 0 Å². The van der Waals surface area contributed by atoms with Crippen LogP contribution >= 0.6 is 0 Å². The third-order valence-electron chi connectivity index (χ3n) is 3.50. The van der Waals surface area contributed by atoms with Crippen LogP contribution in [0.5, 0.6) is 0 Å². The monoisotopic (exact) mass is 244 g/mol. The van der Waals surface area contributed by atoms with Gasteiger partial charge in [-0.05, 0) is 25.3 Å². The van der Waals surface area contributed by atoms with Gasteiger partial charge in [0.1, 0.15) is 11.9 Å². The molecule has 1 atom stereocenters. The second-order valence-corrected chi connectivity index (χ2v) is 5.65. The number of hydrogen-bond donors (Lipinski definition) is 1. The minimum atomic E-state index is -0.263. The van der Waals surface area contributed by atoms with Gasteiger partial charge >= 0.3 is 0 Å². The van der Waals surface area contributed by atoms with Crippen molar-refractivity contribution in [2.24, 2.45) is 10.9 Å². The molecular weight excluding hydrogens is 224 g/mol. The Balaban J connectivity index is 2.32. The summed E-state index contributed by atoms with van der Waals surface area (Å²) < 4.78 is 0. The summed E-state index contributed by atoms with van der Waals surface area (Å²) in [6, 6.07) is 9.89. The minimum Gasteiger partial charge on any atom is -0.312 e. The topological polar surface area (TPSA) is 41.5 Å². The molecular formula is C15H20N2O. The number of amides is 1. The Morgan fingerprint density at radius 3 is 2.33 bits per heavy atom. The zero-order valence-electron chi connectivity index (χ0n) is 11.4. The molecule has 3 nitrogen and oxygen atoms in total. The molecule has 1 N–H and O–H groups in total.